The Balaban J connectivity index is 1.50. The first-order valence-corrected chi connectivity index (χ1v) is 9.51. The number of fused-ring (bicyclic) bond motifs is 1. The van der Waals surface area contributed by atoms with Crippen molar-refractivity contribution in [2.24, 2.45) is 0 Å². The fourth-order valence-corrected chi connectivity index (χ4v) is 3.50. The van der Waals surface area contributed by atoms with Gasteiger partial charge in [0.1, 0.15) is 18.0 Å². The molecule has 0 radical (unpaired) electrons. The molecule has 1 fully saturated rings. The van der Waals surface area contributed by atoms with E-state index in [1.165, 1.54) is 5.56 Å². The van der Waals surface area contributed by atoms with Crippen LogP contribution >= 0.6 is 15.9 Å². The molecule has 0 amide bonds. The first-order valence-electron chi connectivity index (χ1n) is 8.71. The minimum atomic E-state index is 0.696. The molecule has 1 aliphatic rings. The van der Waals surface area contributed by atoms with Crippen molar-refractivity contribution in [3.05, 3.63) is 52.9 Å². The zero-order valence-electron chi connectivity index (χ0n) is 14.7. The number of aromatic nitrogens is 3. The lowest BCUT2D eigenvalue weighted by atomic mass is 10.2. The van der Waals surface area contributed by atoms with E-state index in [1.807, 2.05) is 30.5 Å². The number of halogens is 1. The highest BCUT2D eigenvalue weighted by atomic mass is 79.9. The Morgan fingerprint density at radius 1 is 1.04 bits per heavy atom. The normalized spacial score (nSPS) is 15.4. The molecule has 2 aromatic heterocycles. The topological polar surface area (TPSA) is 57.2 Å². The van der Waals surface area contributed by atoms with Gasteiger partial charge in [-0.25, -0.2) is 15.0 Å². The minimum Gasteiger partial charge on any atom is -0.365 e. The number of likely N-dealkylation sites (N-methyl/N-ethyl adjacent to an activating group) is 1. The quantitative estimate of drug-likeness (QED) is 0.709. The van der Waals surface area contributed by atoms with E-state index in [9.17, 15) is 0 Å². The molecule has 0 saturated carbocycles. The molecule has 0 atom stereocenters. The number of benzene rings is 1. The van der Waals surface area contributed by atoms with E-state index >= 15 is 0 Å². The molecular weight excluding hydrogens is 392 g/mol. The Morgan fingerprint density at radius 3 is 2.73 bits per heavy atom. The number of nitrogens with one attached hydrogen (secondary N) is 1. The van der Waals surface area contributed by atoms with E-state index in [-0.39, 0.29) is 0 Å². The summed E-state index contributed by atoms with van der Waals surface area (Å²) in [6, 6.07) is 10.2. The summed E-state index contributed by atoms with van der Waals surface area (Å²) in [6.07, 6.45) is 3.49. The molecule has 0 spiro atoms. The van der Waals surface area contributed by atoms with E-state index in [4.69, 9.17) is 0 Å². The second-order valence-corrected chi connectivity index (χ2v) is 7.47. The lowest BCUT2D eigenvalue weighted by molar-refractivity contribution is 0.312. The molecule has 6 nitrogen and oxygen atoms in total. The summed E-state index contributed by atoms with van der Waals surface area (Å²) < 4.78 is 1.02. The minimum absolute atomic E-state index is 0.696. The molecule has 0 unspecified atom stereocenters. The molecule has 1 saturated heterocycles. The fourth-order valence-electron chi connectivity index (χ4n) is 3.13. The monoisotopic (exact) mass is 412 g/mol. The molecule has 3 heterocycles. The maximum Gasteiger partial charge on any atom is 0.137 e. The van der Waals surface area contributed by atoms with Gasteiger partial charge in [-0.15, -0.1) is 0 Å². The second kappa shape index (κ2) is 7.55. The Hall–Kier alpha value is -2.25. The van der Waals surface area contributed by atoms with Gasteiger partial charge in [-0.3, -0.25) is 0 Å². The van der Waals surface area contributed by atoms with Crippen LogP contribution in [0.15, 0.2) is 47.3 Å². The van der Waals surface area contributed by atoms with Crippen molar-refractivity contribution < 1.29 is 0 Å². The van der Waals surface area contributed by atoms with Gasteiger partial charge in [0.25, 0.3) is 0 Å². The molecule has 134 valence electrons. The van der Waals surface area contributed by atoms with Gasteiger partial charge in [-0.2, -0.15) is 0 Å². The SMILES string of the molecule is CN1CCN(c2cc(CNc3ncnc4ccc(Br)cc34)ccn2)CC1. The molecule has 3 aromatic rings. The molecule has 0 bridgehead atoms. The van der Waals surface area contributed by atoms with Gasteiger partial charge in [0.15, 0.2) is 0 Å². The summed E-state index contributed by atoms with van der Waals surface area (Å²) in [5, 5.41) is 4.45. The van der Waals surface area contributed by atoms with Crippen molar-refractivity contribution in [3.8, 4) is 0 Å². The summed E-state index contributed by atoms with van der Waals surface area (Å²) in [5.41, 5.74) is 2.12. The summed E-state index contributed by atoms with van der Waals surface area (Å²) in [7, 11) is 2.16. The zero-order chi connectivity index (χ0) is 17.9. The number of anilines is 2. The predicted octanol–water partition coefficient (Wildman–Crippen LogP) is 3.15. The van der Waals surface area contributed by atoms with Crippen LogP contribution in [0, 0.1) is 0 Å². The van der Waals surface area contributed by atoms with Crippen molar-refractivity contribution in [1.29, 1.82) is 0 Å². The van der Waals surface area contributed by atoms with E-state index in [2.05, 4.69) is 59.1 Å². The predicted molar refractivity (Wildman–Crippen MR) is 109 cm³/mol. The fraction of sp³-hybridized carbons (Fsp3) is 0.316. The van der Waals surface area contributed by atoms with Gasteiger partial charge in [0, 0.05) is 48.8 Å². The maximum atomic E-state index is 4.55. The Labute approximate surface area is 161 Å². The zero-order valence-corrected chi connectivity index (χ0v) is 16.3. The van der Waals surface area contributed by atoms with Crippen molar-refractivity contribution in [2.45, 2.75) is 6.54 Å². The number of hydrogen-bond donors (Lipinski definition) is 1. The molecule has 4 rings (SSSR count). The van der Waals surface area contributed by atoms with Crippen LogP contribution in [0.2, 0.25) is 0 Å². The number of hydrogen-bond acceptors (Lipinski definition) is 6. The van der Waals surface area contributed by atoms with Crippen molar-refractivity contribution in [1.82, 2.24) is 19.9 Å². The standard InChI is InChI=1S/C19H21BrN6/c1-25-6-8-26(9-7-25)18-10-14(4-5-21-18)12-22-19-16-11-15(20)2-3-17(16)23-13-24-19/h2-5,10-11,13H,6-9,12H2,1H3,(H,22,23,24). The number of nitrogens with zero attached hydrogens (tertiary/aromatic N) is 5. The molecule has 1 N–H and O–H groups in total. The van der Waals surface area contributed by atoms with E-state index in [1.54, 1.807) is 6.33 Å². The van der Waals surface area contributed by atoms with Gasteiger partial charge in [0.05, 0.1) is 5.52 Å². The van der Waals surface area contributed by atoms with Gasteiger partial charge >= 0.3 is 0 Å². The highest BCUT2D eigenvalue weighted by molar-refractivity contribution is 9.10. The largest absolute Gasteiger partial charge is 0.365 e. The lowest BCUT2D eigenvalue weighted by Crippen LogP contribution is -2.44. The van der Waals surface area contributed by atoms with Gasteiger partial charge < -0.3 is 15.1 Å². The average Bonchev–Trinajstić information content (AvgIpc) is 2.67. The van der Waals surface area contributed by atoms with E-state index in [0.717, 1.165) is 53.2 Å². The first kappa shape index (κ1) is 17.2. The van der Waals surface area contributed by atoms with Crippen LogP contribution in [0.3, 0.4) is 0 Å². The van der Waals surface area contributed by atoms with Gasteiger partial charge in [-0.05, 0) is 42.9 Å². The summed E-state index contributed by atoms with van der Waals surface area (Å²) in [5.74, 6) is 1.89. The summed E-state index contributed by atoms with van der Waals surface area (Å²) >= 11 is 3.52. The molecular formula is C19H21BrN6. The molecule has 1 aromatic carbocycles. The van der Waals surface area contributed by atoms with Crippen molar-refractivity contribution in [3.63, 3.8) is 0 Å². The van der Waals surface area contributed by atoms with E-state index < -0.39 is 0 Å². The third-order valence-corrected chi connectivity index (χ3v) is 5.19. The first-order chi connectivity index (χ1) is 12.7. The Bertz CT molecular complexity index is 907. The Morgan fingerprint density at radius 2 is 1.88 bits per heavy atom. The molecule has 0 aliphatic carbocycles. The van der Waals surface area contributed by atoms with Crippen LogP contribution in [0.4, 0.5) is 11.6 Å². The third-order valence-electron chi connectivity index (χ3n) is 4.69. The molecule has 26 heavy (non-hydrogen) atoms. The molecule has 1 aliphatic heterocycles. The van der Waals surface area contributed by atoms with Crippen LogP contribution in [-0.2, 0) is 6.54 Å². The summed E-state index contributed by atoms with van der Waals surface area (Å²) in [4.78, 5) is 18.0. The van der Waals surface area contributed by atoms with E-state index in [0.29, 0.717) is 6.54 Å². The van der Waals surface area contributed by atoms with Crippen LogP contribution in [0.25, 0.3) is 10.9 Å². The highest BCUT2D eigenvalue weighted by Gasteiger charge is 2.15. The van der Waals surface area contributed by atoms with Crippen molar-refractivity contribution in [2.75, 3.05) is 43.4 Å². The maximum absolute atomic E-state index is 4.55. The molecule has 7 heteroatoms. The number of pyridine rings is 1. The average molecular weight is 413 g/mol. The smallest absolute Gasteiger partial charge is 0.137 e. The second-order valence-electron chi connectivity index (χ2n) is 6.55. The number of rotatable bonds is 4. The van der Waals surface area contributed by atoms with Gasteiger partial charge in [-0.1, -0.05) is 15.9 Å². The van der Waals surface area contributed by atoms with Gasteiger partial charge in [0.2, 0.25) is 0 Å². The van der Waals surface area contributed by atoms with Crippen molar-refractivity contribution >= 4 is 38.5 Å². The lowest BCUT2D eigenvalue weighted by Gasteiger charge is -2.33. The third kappa shape index (κ3) is 3.78. The van der Waals surface area contributed by atoms with Crippen LogP contribution < -0.4 is 10.2 Å². The Kier molecular flexibility index (Phi) is 4.99. The van der Waals surface area contributed by atoms with Crippen LogP contribution in [0.5, 0.6) is 0 Å². The summed E-state index contributed by atoms with van der Waals surface area (Å²) in [6.45, 7) is 4.88. The van der Waals surface area contributed by atoms with Crippen LogP contribution in [0.1, 0.15) is 5.56 Å². The van der Waals surface area contributed by atoms with Crippen LogP contribution in [-0.4, -0.2) is 53.1 Å². The number of piperazine rings is 1. The highest BCUT2D eigenvalue weighted by Crippen LogP contribution is 2.24.